The van der Waals surface area contributed by atoms with Crippen LogP contribution in [0.1, 0.15) is 30.5 Å². The largest absolute Gasteiger partial charge is 0.417 e. The molecule has 0 bridgehead atoms. The van der Waals surface area contributed by atoms with Crippen LogP contribution >= 0.6 is 11.6 Å². The fraction of sp³-hybridized carbons (Fsp3) is 0.316. The molecule has 0 saturated heterocycles. The van der Waals surface area contributed by atoms with Crippen molar-refractivity contribution < 1.29 is 26.4 Å². The highest BCUT2D eigenvalue weighted by atomic mass is 35.5. The Morgan fingerprint density at radius 3 is 2.31 bits per heavy atom. The molecule has 0 spiro atoms. The first-order valence-electron chi connectivity index (χ1n) is 8.62. The average Bonchev–Trinajstić information content (AvgIpc) is 2.63. The number of benzene rings is 2. The van der Waals surface area contributed by atoms with Gasteiger partial charge in [-0.05, 0) is 30.2 Å². The maximum absolute atomic E-state index is 13.1. The first kappa shape index (κ1) is 23.0. The van der Waals surface area contributed by atoms with Crippen LogP contribution in [0, 0.1) is 0 Å². The fourth-order valence-corrected chi connectivity index (χ4v) is 3.84. The number of nitrogens with zero attached hydrogens (tertiary/aromatic N) is 1. The van der Waals surface area contributed by atoms with Gasteiger partial charge in [-0.2, -0.15) is 13.2 Å². The van der Waals surface area contributed by atoms with Crippen molar-refractivity contribution in [3.8, 4) is 0 Å². The van der Waals surface area contributed by atoms with Crippen LogP contribution < -0.4 is 9.62 Å². The molecule has 5 nitrogen and oxygen atoms in total. The van der Waals surface area contributed by atoms with Crippen molar-refractivity contribution in [3.05, 3.63) is 64.7 Å². The highest BCUT2D eigenvalue weighted by Gasteiger charge is 2.34. The number of nitrogens with one attached hydrogen (secondary N) is 1. The lowest BCUT2D eigenvalue weighted by Crippen LogP contribution is -2.41. The second-order valence-corrected chi connectivity index (χ2v) is 8.68. The van der Waals surface area contributed by atoms with E-state index in [1.165, 1.54) is 0 Å². The van der Waals surface area contributed by atoms with Gasteiger partial charge in [-0.15, -0.1) is 0 Å². The first-order chi connectivity index (χ1) is 13.4. The minimum absolute atomic E-state index is 0.299. The number of hydrogen-bond donors (Lipinski definition) is 1. The molecule has 0 radical (unpaired) electrons. The fourth-order valence-electron chi connectivity index (χ4n) is 2.76. The number of sulfonamides is 1. The number of halogens is 4. The Kier molecular flexibility index (Phi) is 7.18. The smallest absolute Gasteiger partial charge is 0.348 e. The summed E-state index contributed by atoms with van der Waals surface area (Å²) >= 11 is 5.59. The summed E-state index contributed by atoms with van der Waals surface area (Å²) in [6.07, 6.45) is -3.40. The highest BCUT2D eigenvalue weighted by molar-refractivity contribution is 7.92. The van der Waals surface area contributed by atoms with Gasteiger partial charge < -0.3 is 5.32 Å². The molecule has 2 aromatic rings. The maximum atomic E-state index is 13.1. The Hall–Kier alpha value is -2.26. The number of rotatable bonds is 7. The molecule has 158 valence electrons. The zero-order chi connectivity index (χ0) is 21.8. The van der Waals surface area contributed by atoms with Gasteiger partial charge in [-0.25, -0.2) is 8.42 Å². The van der Waals surface area contributed by atoms with Crippen LogP contribution in [-0.2, 0) is 21.0 Å². The van der Waals surface area contributed by atoms with Crippen LogP contribution in [-0.4, -0.2) is 27.1 Å². The van der Waals surface area contributed by atoms with E-state index in [1.54, 1.807) is 12.1 Å². The van der Waals surface area contributed by atoms with E-state index in [9.17, 15) is 26.4 Å². The van der Waals surface area contributed by atoms with Gasteiger partial charge in [0.05, 0.1) is 28.6 Å². The molecule has 0 saturated carbocycles. The van der Waals surface area contributed by atoms with E-state index < -0.39 is 39.2 Å². The average molecular weight is 449 g/mol. The van der Waals surface area contributed by atoms with Gasteiger partial charge >= 0.3 is 6.18 Å². The van der Waals surface area contributed by atoms with Gasteiger partial charge in [0.25, 0.3) is 0 Å². The number of alkyl halides is 3. The third-order valence-corrected chi connectivity index (χ3v) is 5.65. The zero-order valence-corrected chi connectivity index (χ0v) is 17.3. The summed E-state index contributed by atoms with van der Waals surface area (Å²) in [5.41, 5.74) is -0.645. The summed E-state index contributed by atoms with van der Waals surface area (Å²) < 4.78 is 64.3. The highest BCUT2D eigenvalue weighted by Crippen LogP contribution is 2.37. The topological polar surface area (TPSA) is 66.5 Å². The number of carbonyl (C=O) groups is 1. The van der Waals surface area contributed by atoms with E-state index in [0.717, 1.165) is 24.0 Å². The first-order valence-corrected chi connectivity index (χ1v) is 10.8. The Morgan fingerprint density at radius 1 is 1.17 bits per heavy atom. The van der Waals surface area contributed by atoms with Gasteiger partial charge in [0, 0.05) is 0 Å². The Balaban J connectivity index is 2.30. The molecule has 0 fully saturated rings. The molecule has 1 atom stereocenters. The van der Waals surface area contributed by atoms with Gasteiger partial charge in [0.2, 0.25) is 15.9 Å². The summed E-state index contributed by atoms with van der Waals surface area (Å²) in [4.78, 5) is 12.5. The minimum Gasteiger partial charge on any atom is -0.348 e. The standard InChI is InChI=1S/C19H20ClF3N2O3S/c1-3-17(13-7-5-4-6-8-13)24-18(26)12-25(29(2,27)28)14-9-10-16(20)15(11-14)19(21,22)23/h4-11,17H,3,12H2,1-2H3,(H,24,26)/t17-/m1/s1. The van der Waals surface area contributed by atoms with E-state index in [-0.39, 0.29) is 11.7 Å². The lowest BCUT2D eigenvalue weighted by atomic mass is 10.0. The van der Waals surface area contributed by atoms with Crippen LogP contribution in [0.5, 0.6) is 0 Å². The molecule has 1 N–H and O–H groups in total. The second kappa shape index (κ2) is 9.04. The van der Waals surface area contributed by atoms with Crippen LogP contribution in [0.25, 0.3) is 0 Å². The lowest BCUT2D eigenvalue weighted by Gasteiger charge is -2.25. The van der Waals surface area contributed by atoms with Crippen molar-refractivity contribution >= 4 is 33.2 Å². The van der Waals surface area contributed by atoms with E-state index in [0.29, 0.717) is 16.8 Å². The predicted octanol–water partition coefficient (Wildman–Crippen LogP) is 4.39. The van der Waals surface area contributed by atoms with Crippen molar-refractivity contribution in [2.24, 2.45) is 0 Å². The maximum Gasteiger partial charge on any atom is 0.417 e. The molecule has 0 aliphatic rings. The van der Waals surface area contributed by atoms with Crippen molar-refractivity contribution in [3.63, 3.8) is 0 Å². The molecular formula is C19H20ClF3N2O3S. The normalized spacial score (nSPS) is 13.0. The number of amides is 1. The SMILES string of the molecule is CC[C@@H](NC(=O)CN(c1ccc(Cl)c(C(F)(F)F)c1)S(C)(=O)=O)c1ccccc1. The van der Waals surface area contributed by atoms with Gasteiger partial charge in [0.1, 0.15) is 6.54 Å². The summed E-state index contributed by atoms with van der Waals surface area (Å²) in [5, 5.41) is 2.16. The molecule has 0 unspecified atom stereocenters. The molecule has 10 heteroatoms. The number of hydrogen-bond acceptors (Lipinski definition) is 3. The van der Waals surface area contributed by atoms with E-state index >= 15 is 0 Å². The number of carbonyl (C=O) groups excluding carboxylic acids is 1. The van der Waals surface area contributed by atoms with Crippen molar-refractivity contribution in [1.29, 1.82) is 0 Å². The monoisotopic (exact) mass is 448 g/mol. The molecule has 2 aromatic carbocycles. The summed E-state index contributed by atoms with van der Waals surface area (Å²) in [6, 6.07) is 11.4. The summed E-state index contributed by atoms with van der Waals surface area (Å²) in [7, 11) is -4.03. The molecule has 29 heavy (non-hydrogen) atoms. The van der Waals surface area contributed by atoms with Crippen LogP contribution in [0.3, 0.4) is 0 Å². The molecule has 0 heterocycles. The molecule has 2 rings (SSSR count). The zero-order valence-electron chi connectivity index (χ0n) is 15.7. The third kappa shape index (κ3) is 6.11. The van der Waals surface area contributed by atoms with Crippen molar-refractivity contribution in [2.45, 2.75) is 25.6 Å². The molecule has 0 aliphatic carbocycles. The predicted molar refractivity (Wildman–Crippen MR) is 106 cm³/mol. The van der Waals surface area contributed by atoms with Crippen molar-refractivity contribution in [1.82, 2.24) is 5.32 Å². The van der Waals surface area contributed by atoms with E-state index in [1.807, 2.05) is 25.1 Å². The van der Waals surface area contributed by atoms with Gasteiger partial charge in [-0.1, -0.05) is 48.9 Å². The molecule has 0 aliphatic heterocycles. The van der Waals surface area contributed by atoms with Crippen LogP contribution in [0.2, 0.25) is 5.02 Å². The quantitative estimate of drug-likeness (QED) is 0.683. The Morgan fingerprint density at radius 2 is 1.79 bits per heavy atom. The van der Waals surface area contributed by atoms with Gasteiger partial charge in [0.15, 0.2) is 0 Å². The summed E-state index contributed by atoms with van der Waals surface area (Å²) in [5.74, 6) is -0.644. The molecule has 1 amide bonds. The Labute approximate surface area is 172 Å². The third-order valence-electron chi connectivity index (χ3n) is 4.18. The van der Waals surface area contributed by atoms with Crippen LogP contribution in [0.15, 0.2) is 48.5 Å². The second-order valence-electron chi connectivity index (χ2n) is 6.37. The molecular weight excluding hydrogens is 429 g/mol. The molecule has 0 aromatic heterocycles. The van der Waals surface area contributed by atoms with Crippen molar-refractivity contribution in [2.75, 3.05) is 17.1 Å². The Bertz CT molecular complexity index is 966. The minimum atomic E-state index is -4.76. The summed E-state index contributed by atoms with van der Waals surface area (Å²) in [6.45, 7) is 1.18. The number of anilines is 1. The van der Waals surface area contributed by atoms with E-state index in [4.69, 9.17) is 11.6 Å². The van der Waals surface area contributed by atoms with Gasteiger partial charge in [-0.3, -0.25) is 9.10 Å². The van der Waals surface area contributed by atoms with E-state index in [2.05, 4.69) is 5.32 Å². The lowest BCUT2D eigenvalue weighted by molar-refractivity contribution is -0.137. The van der Waals surface area contributed by atoms with Crippen LogP contribution in [0.4, 0.5) is 18.9 Å².